The van der Waals surface area contributed by atoms with E-state index in [9.17, 15) is 0 Å². The van der Waals surface area contributed by atoms with Crippen molar-refractivity contribution in [3.05, 3.63) is 28.7 Å². The Labute approximate surface area is 72.3 Å². The summed E-state index contributed by atoms with van der Waals surface area (Å²) in [5.41, 5.74) is 0. The Morgan fingerprint density at radius 2 is 1.80 bits per heavy atom. The molecule has 1 unspecified atom stereocenters. The van der Waals surface area contributed by atoms with E-state index in [-0.39, 0.29) is 10.5 Å². The third-order valence-corrected chi connectivity index (χ3v) is 2.82. The number of benzene rings is 1. The summed E-state index contributed by atoms with van der Waals surface area (Å²) in [4.78, 5) is 1.31. The first-order valence-electron chi connectivity index (χ1n) is 2.91. The summed E-state index contributed by atoms with van der Waals surface area (Å²) in [7, 11) is 0.142. The minimum absolute atomic E-state index is 0.142. The van der Waals surface area contributed by atoms with E-state index in [2.05, 4.69) is 40.2 Å². The van der Waals surface area contributed by atoms with Crippen LogP contribution in [0, 0.1) is 0 Å². The quantitative estimate of drug-likeness (QED) is 0.634. The van der Waals surface area contributed by atoms with Crippen molar-refractivity contribution in [3.63, 3.8) is 0 Å². The van der Waals surface area contributed by atoms with Crippen LogP contribution in [0.1, 0.15) is 0 Å². The molecule has 10 heavy (non-hydrogen) atoms. The van der Waals surface area contributed by atoms with E-state index < -0.39 is 0 Å². The molecule has 1 atom stereocenters. The molecule has 0 aliphatic heterocycles. The third-order valence-electron chi connectivity index (χ3n) is 1.22. The lowest BCUT2D eigenvalue weighted by Crippen LogP contribution is -1.70. The molecule has 0 N–H and O–H groups in total. The van der Waals surface area contributed by atoms with E-state index in [1.807, 2.05) is 12.1 Å². The average Bonchev–Trinajstić information content (AvgIpc) is 1.88. The standard InChI is InChI=1S/C8H9BrS/c1-10(2)8-5-3-7(9)4-6-8/h3-6H,1H2,2H3. The number of halogens is 1. The van der Waals surface area contributed by atoms with Gasteiger partial charge in [-0.1, -0.05) is 21.8 Å². The van der Waals surface area contributed by atoms with Gasteiger partial charge in [-0.2, -0.15) is 10.5 Å². The minimum Gasteiger partial charge on any atom is -0.165 e. The molecule has 0 fully saturated rings. The first kappa shape index (κ1) is 8.02. The monoisotopic (exact) mass is 216 g/mol. The predicted octanol–water partition coefficient (Wildman–Crippen LogP) is 3.14. The van der Waals surface area contributed by atoms with Gasteiger partial charge >= 0.3 is 0 Å². The van der Waals surface area contributed by atoms with Crippen LogP contribution in [0.2, 0.25) is 0 Å². The van der Waals surface area contributed by atoms with E-state index in [4.69, 9.17) is 0 Å². The molecular formula is C8H9BrS. The number of rotatable bonds is 1. The van der Waals surface area contributed by atoms with Crippen molar-refractivity contribution < 1.29 is 0 Å². The molecule has 0 spiro atoms. The van der Waals surface area contributed by atoms with Gasteiger partial charge in [-0.15, -0.1) is 0 Å². The van der Waals surface area contributed by atoms with Gasteiger partial charge in [0.05, 0.1) is 0 Å². The molecule has 0 amide bonds. The molecule has 1 aromatic carbocycles. The Balaban J connectivity index is 3.00. The summed E-state index contributed by atoms with van der Waals surface area (Å²) in [6.45, 7) is 0. The second-order valence-electron chi connectivity index (χ2n) is 2.09. The van der Waals surface area contributed by atoms with Crippen molar-refractivity contribution in [3.8, 4) is 0 Å². The van der Waals surface area contributed by atoms with Crippen molar-refractivity contribution in [2.24, 2.45) is 0 Å². The van der Waals surface area contributed by atoms with Gasteiger partial charge in [0, 0.05) is 9.37 Å². The lowest BCUT2D eigenvalue weighted by Gasteiger charge is -1.98. The van der Waals surface area contributed by atoms with Gasteiger partial charge in [-0.3, -0.25) is 0 Å². The molecule has 0 saturated heterocycles. The van der Waals surface area contributed by atoms with Crippen LogP contribution in [0.4, 0.5) is 0 Å². The summed E-state index contributed by atoms with van der Waals surface area (Å²) >= 11 is 3.38. The zero-order valence-electron chi connectivity index (χ0n) is 5.80. The first-order valence-corrected chi connectivity index (χ1v) is 5.51. The second kappa shape index (κ2) is 3.35. The fourth-order valence-corrected chi connectivity index (χ4v) is 1.53. The lowest BCUT2D eigenvalue weighted by atomic mass is 10.4. The highest BCUT2D eigenvalue weighted by atomic mass is 79.9. The van der Waals surface area contributed by atoms with Gasteiger partial charge in [-0.05, 0) is 30.5 Å². The zero-order valence-corrected chi connectivity index (χ0v) is 8.21. The van der Waals surface area contributed by atoms with Crippen molar-refractivity contribution in [1.82, 2.24) is 0 Å². The van der Waals surface area contributed by atoms with E-state index in [1.165, 1.54) is 4.90 Å². The van der Waals surface area contributed by atoms with Crippen LogP contribution in [-0.4, -0.2) is 12.1 Å². The molecule has 54 valence electrons. The van der Waals surface area contributed by atoms with E-state index in [1.54, 1.807) is 0 Å². The summed E-state index contributed by atoms with van der Waals surface area (Å²) < 4.78 is 1.13. The Hall–Kier alpha value is -0.0800. The Morgan fingerprint density at radius 3 is 2.20 bits per heavy atom. The summed E-state index contributed by atoms with van der Waals surface area (Å²) in [6, 6.07) is 8.29. The smallest absolute Gasteiger partial charge is 0.0176 e. The molecule has 0 aromatic heterocycles. The predicted molar refractivity (Wildman–Crippen MR) is 53.0 cm³/mol. The van der Waals surface area contributed by atoms with Crippen LogP contribution in [0.3, 0.4) is 0 Å². The Kier molecular flexibility index (Phi) is 2.69. The van der Waals surface area contributed by atoms with Gasteiger partial charge < -0.3 is 0 Å². The maximum Gasteiger partial charge on any atom is 0.0176 e. The zero-order chi connectivity index (χ0) is 7.56. The fraction of sp³-hybridized carbons (Fsp3) is 0.125. The van der Waals surface area contributed by atoms with Crippen molar-refractivity contribution >= 4 is 32.3 Å². The van der Waals surface area contributed by atoms with Crippen molar-refractivity contribution in [2.75, 3.05) is 6.26 Å². The third kappa shape index (κ3) is 1.96. The molecule has 2 heteroatoms. The van der Waals surface area contributed by atoms with Gasteiger partial charge in [0.1, 0.15) is 0 Å². The largest absolute Gasteiger partial charge is 0.165 e. The summed E-state index contributed by atoms with van der Waals surface area (Å²) in [5.74, 6) is 3.95. The Bertz CT molecular complexity index is 238. The Morgan fingerprint density at radius 1 is 1.30 bits per heavy atom. The molecule has 0 aliphatic carbocycles. The first-order chi connectivity index (χ1) is 4.70. The van der Waals surface area contributed by atoms with Crippen LogP contribution in [-0.2, 0) is 0 Å². The van der Waals surface area contributed by atoms with Gasteiger partial charge in [-0.25, -0.2) is 0 Å². The van der Waals surface area contributed by atoms with Gasteiger partial charge in [0.15, 0.2) is 0 Å². The molecule has 0 aliphatic rings. The SMILES string of the molecule is C=S(C)c1ccc(Br)cc1. The lowest BCUT2D eigenvalue weighted by molar-refractivity contribution is 1.45. The minimum atomic E-state index is 0.142. The molecule has 0 bridgehead atoms. The van der Waals surface area contributed by atoms with E-state index in [0.29, 0.717) is 0 Å². The second-order valence-corrected chi connectivity index (χ2v) is 4.75. The molecular weight excluding hydrogens is 208 g/mol. The number of hydrogen-bond acceptors (Lipinski definition) is 0. The van der Waals surface area contributed by atoms with E-state index >= 15 is 0 Å². The molecule has 0 radical (unpaired) electrons. The number of hydrogen-bond donors (Lipinski definition) is 0. The molecule has 0 heterocycles. The molecule has 1 aromatic rings. The fourth-order valence-electron chi connectivity index (χ4n) is 0.667. The highest BCUT2D eigenvalue weighted by molar-refractivity contribution is 9.10. The van der Waals surface area contributed by atoms with Crippen LogP contribution >= 0.6 is 26.4 Å². The normalized spacial score (nSPS) is 13.0. The summed E-state index contributed by atoms with van der Waals surface area (Å²) in [5, 5.41) is 0. The maximum atomic E-state index is 3.95. The summed E-state index contributed by atoms with van der Waals surface area (Å²) in [6.07, 6.45) is 2.11. The van der Waals surface area contributed by atoms with Crippen molar-refractivity contribution in [1.29, 1.82) is 0 Å². The molecule has 0 saturated carbocycles. The van der Waals surface area contributed by atoms with Gasteiger partial charge in [0.2, 0.25) is 0 Å². The highest BCUT2D eigenvalue weighted by Gasteiger charge is 1.89. The van der Waals surface area contributed by atoms with Gasteiger partial charge in [0.25, 0.3) is 0 Å². The van der Waals surface area contributed by atoms with Crippen LogP contribution in [0.25, 0.3) is 0 Å². The van der Waals surface area contributed by atoms with Crippen LogP contribution in [0.5, 0.6) is 0 Å². The van der Waals surface area contributed by atoms with Crippen LogP contribution < -0.4 is 0 Å². The molecule has 1 rings (SSSR count). The molecule has 0 nitrogen and oxygen atoms in total. The maximum absolute atomic E-state index is 3.95. The average molecular weight is 217 g/mol. The van der Waals surface area contributed by atoms with E-state index in [0.717, 1.165) is 4.47 Å². The topological polar surface area (TPSA) is 0 Å². The van der Waals surface area contributed by atoms with Crippen LogP contribution in [0.15, 0.2) is 33.6 Å². The van der Waals surface area contributed by atoms with Crippen molar-refractivity contribution in [2.45, 2.75) is 4.90 Å². The highest BCUT2D eigenvalue weighted by Crippen LogP contribution is 2.21.